The SMILES string of the molecule is N#CC(=Cc1c(-c2ccc(C#N)cc2)[nH]c2ccccc12)S(=O)(=O)c1ccccc1. The summed E-state index contributed by atoms with van der Waals surface area (Å²) in [5.41, 5.74) is 3.41. The van der Waals surface area contributed by atoms with Crippen molar-refractivity contribution in [3.63, 3.8) is 0 Å². The number of nitrogens with one attached hydrogen (secondary N) is 1. The van der Waals surface area contributed by atoms with Crippen LogP contribution in [0.15, 0.2) is 88.7 Å². The van der Waals surface area contributed by atoms with Crippen LogP contribution in [0.2, 0.25) is 0 Å². The van der Waals surface area contributed by atoms with E-state index in [1.165, 1.54) is 18.2 Å². The molecule has 1 heterocycles. The van der Waals surface area contributed by atoms with Crippen LogP contribution in [0.5, 0.6) is 0 Å². The summed E-state index contributed by atoms with van der Waals surface area (Å²) in [6.45, 7) is 0. The molecule has 0 spiro atoms. The standard InChI is InChI=1S/C24H15N3O2S/c25-15-17-10-12-18(13-11-17)24-22(21-8-4-5-9-23(21)27-24)14-20(16-26)30(28,29)19-6-2-1-3-7-19/h1-14,27H. The Morgan fingerprint density at radius 1 is 0.867 bits per heavy atom. The Bertz CT molecular complexity index is 1450. The summed E-state index contributed by atoms with van der Waals surface area (Å²) in [5.74, 6) is 0. The van der Waals surface area contributed by atoms with E-state index in [4.69, 9.17) is 5.26 Å². The lowest BCUT2D eigenvalue weighted by atomic mass is 10.0. The molecule has 0 aliphatic rings. The average molecular weight is 409 g/mol. The number of benzene rings is 3. The Balaban J connectivity index is 1.95. The highest BCUT2D eigenvalue weighted by Crippen LogP contribution is 2.33. The Labute approximate surface area is 174 Å². The number of hydrogen-bond donors (Lipinski definition) is 1. The van der Waals surface area contributed by atoms with Crippen molar-refractivity contribution in [3.8, 4) is 23.4 Å². The molecule has 3 aromatic carbocycles. The molecule has 0 bridgehead atoms. The van der Waals surface area contributed by atoms with E-state index < -0.39 is 9.84 Å². The third-order valence-corrected chi connectivity index (χ3v) is 6.46. The van der Waals surface area contributed by atoms with E-state index >= 15 is 0 Å². The van der Waals surface area contributed by atoms with Crippen LogP contribution in [0, 0.1) is 22.7 Å². The van der Waals surface area contributed by atoms with Crippen molar-refractivity contribution in [2.75, 3.05) is 0 Å². The minimum Gasteiger partial charge on any atom is -0.354 e. The first-order valence-corrected chi connectivity index (χ1v) is 10.6. The van der Waals surface area contributed by atoms with Gasteiger partial charge in [0.2, 0.25) is 9.84 Å². The lowest BCUT2D eigenvalue weighted by molar-refractivity contribution is 0.603. The highest BCUT2D eigenvalue weighted by atomic mass is 32.2. The number of rotatable bonds is 4. The molecule has 0 saturated heterocycles. The zero-order chi connectivity index (χ0) is 21.1. The fourth-order valence-corrected chi connectivity index (χ4v) is 4.44. The molecule has 0 fully saturated rings. The molecule has 144 valence electrons. The minimum atomic E-state index is -3.96. The number of allylic oxidation sites excluding steroid dienone is 1. The van der Waals surface area contributed by atoms with Crippen LogP contribution in [0.4, 0.5) is 0 Å². The lowest BCUT2D eigenvalue weighted by Crippen LogP contribution is -2.03. The van der Waals surface area contributed by atoms with Crippen molar-refractivity contribution >= 4 is 26.8 Å². The number of nitrogens with zero attached hydrogens (tertiary/aromatic N) is 2. The Morgan fingerprint density at radius 3 is 2.20 bits per heavy atom. The van der Waals surface area contributed by atoms with E-state index in [0.29, 0.717) is 16.8 Å². The van der Waals surface area contributed by atoms with Gasteiger partial charge in [0.05, 0.1) is 22.2 Å². The van der Waals surface area contributed by atoms with Gasteiger partial charge in [-0.25, -0.2) is 8.42 Å². The van der Waals surface area contributed by atoms with Crippen LogP contribution in [0.25, 0.3) is 28.2 Å². The van der Waals surface area contributed by atoms with E-state index in [-0.39, 0.29) is 9.80 Å². The maximum absolute atomic E-state index is 13.0. The van der Waals surface area contributed by atoms with Gasteiger partial charge in [0.25, 0.3) is 0 Å². The molecule has 0 radical (unpaired) electrons. The molecule has 0 amide bonds. The highest BCUT2D eigenvalue weighted by Gasteiger charge is 2.22. The van der Waals surface area contributed by atoms with Gasteiger partial charge < -0.3 is 4.98 Å². The van der Waals surface area contributed by atoms with Crippen molar-refractivity contribution in [1.29, 1.82) is 10.5 Å². The van der Waals surface area contributed by atoms with Gasteiger partial charge in [-0.3, -0.25) is 0 Å². The van der Waals surface area contributed by atoms with E-state index in [1.54, 1.807) is 42.5 Å². The van der Waals surface area contributed by atoms with Crippen molar-refractivity contribution in [2.45, 2.75) is 4.90 Å². The fourth-order valence-electron chi connectivity index (χ4n) is 3.28. The Kier molecular flexibility index (Phi) is 4.93. The number of para-hydroxylation sites is 1. The van der Waals surface area contributed by atoms with E-state index in [9.17, 15) is 13.7 Å². The van der Waals surface area contributed by atoms with Gasteiger partial charge >= 0.3 is 0 Å². The largest absolute Gasteiger partial charge is 0.354 e. The molecule has 0 aliphatic heterocycles. The van der Waals surface area contributed by atoms with Gasteiger partial charge in [-0.15, -0.1) is 0 Å². The van der Waals surface area contributed by atoms with Crippen LogP contribution in [0.3, 0.4) is 0 Å². The number of sulfone groups is 1. The van der Waals surface area contributed by atoms with Crippen LogP contribution in [0.1, 0.15) is 11.1 Å². The van der Waals surface area contributed by atoms with E-state index in [0.717, 1.165) is 16.5 Å². The highest BCUT2D eigenvalue weighted by molar-refractivity contribution is 7.95. The first-order valence-electron chi connectivity index (χ1n) is 9.08. The summed E-state index contributed by atoms with van der Waals surface area (Å²) in [4.78, 5) is 3.03. The second-order valence-electron chi connectivity index (χ2n) is 6.59. The zero-order valence-electron chi connectivity index (χ0n) is 15.7. The number of nitriles is 2. The van der Waals surface area contributed by atoms with Gasteiger partial charge in [0.1, 0.15) is 11.0 Å². The normalized spacial score (nSPS) is 11.7. The quantitative estimate of drug-likeness (QED) is 0.477. The van der Waals surface area contributed by atoms with Crippen molar-refractivity contribution in [3.05, 3.63) is 94.9 Å². The predicted octanol–water partition coefficient (Wildman–Crippen LogP) is 5.04. The molecule has 0 saturated carbocycles. The molecule has 30 heavy (non-hydrogen) atoms. The predicted molar refractivity (Wildman–Crippen MR) is 116 cm³/mol. The van der Waals surface area contributed by atoms with Gasteiger partial charge in [-0.1, -0.05) is 48.5 Å². The molecule has 0 unspecified atom stereocenters. The summed E-state index contributed by atoms with van der Waals surface area (Å²) in [6.07, 6.45) is 1.41. The number of hydrogen-bond acceptors (Lipinski definition) is 4. The summed E-state index contributed by atoms with van der Waals surface area (Å²) < 4.78 is 26.0. The zero-order valence-corrected chi connectivity index (χ0v) is 16.5. The Morgan fingerprint density at radius 2 is 1.53 bits per heavy atom. The third-order valence-electron chi connectivity index (χ3n) is 4.78. The molecule has 1 aromatic heterocycles. The third kappa shape index (κ3) is 3.37. The van der Waals surface area contributed by atoms with Crippen LogP contribution >= 0.6 is 0 Å². The van der Waals surface area contributed by atoms with Gasteiger partial charge in [0, 0.05) is 16.5 Å². The smallest absolute Gasteiger partial charge is 0.216 e. The van der Waals surface area contributed by atoms with Crippen LogP contribution in [-0.4, -0.2) is 13.4 Å². The van der Waals surface area contributed by atoms with Gasteiger partial charge in [-0.05, 0) is 42.0 Å². The van der Waals surface area contributed by atoms with E-state index in [1.807, 2.05) is 30.3 Å². The molecule has 1 N–H and O–H groups in total. The summed E-state index contributed by atoms with van der Waals surface area (Å²) in [6, 6.07) is 26.3. The number of aromatic nitrogens is 1. The van der Waals surface area contributed by atoms with Crippen LogP contribution in [-0.2, 0) is 9.84 Å². The Hall–Kier alpha value is -4.13. The molecule has 5 nitrogen and oxygen atoms in total. The van der Waals surface area contributed by atoms with Crippen LogP contribution < -0.4 is 0 Å². The van der Waals surface area contributed by atoms with Gasteiger partial charge in [0.15, 0.2) is 0 Å². The average Bonchev–Trinajstić information content (AvgIpc) is 3.16. The molecule has 4 rings (SSSR count). The number of fused-ring (bicyclic) bond motifs is 1. The second-order valence-corrected chi connectivity index (χ2v) is 8.50. The molecular weight excluding hydrogens is 394 g/mol. The molecule has 6 heteroatoms. The molecule has 0 aliphatic carbocycles. The number of aromatic amines is 1. The topological polar surface area (TPSA) is 97.5 Å². The van der Waals surface area contributed by atoms with Gasteiger partial charge in [-0.2, -0.15) is 10.5 Å². The summed E-state index contributed by atoms with van der Waals surface area (Å²) in [5, 5.41) is 19.5. The maximum Gasteiger partial charge on any atom is 0.216 e. The van der Waals surface area contributed by atoms with Crippen molar-refractivity contribution in [1.82, 2.24) is 4.98 Å². The summed E-state index contributed by atoms with van der Waals surface area (Å²) in [7, 11) is -3.96. The molecular formula is C24H15N3O2S. The fraction of sp³-hybridized carbons (Fsp3) is 0. The maximum atomic E-state index is 13.0. The lowest BCUT2D eigenvalue weighted by Gasteiger charge is -2.05. The molecule has 0 atom stereocenters. The molecule has 4 aromatic rings. The second kappa shape index (κ2) is 7.71. The monoisotopic (exact) mass is 409 g/mol. The number of H-pyrrole nitrogens is 1. The minimum absolute atomic E-state index is 0.0672. The van der Waals surface area contributed by atoms with Crippen molar-refractivity contribution < 1.29 is 8.42 Å². The first-order chi connectivity index (χ1) is 14.5. The van der Waals surface area contributed by atoms with E-state index in [2.05, 4.69) is 11.1 Å². The van der Waals surface area contributed by atoms with Crippen molar-refractivity contribution in [2.24, 2.45) is 0 Å². The summed E-state index contributed by atoms with van der Waals surface area (Å²) >= 11 is 0. The first kappa shape index (κ1) is 19.2.